The van der Waals surface area contributed by atoms with E-state index in [1.165, 1.54) is 19.1 Å². The number of rotatable bonds is 4. The molecule has 1 fully saturated rings. The van der Waals surface area contributed by atoms with Crippen molar-refractivity contribution < 1.29 is 22.8 Å². The Morgan fingerprint density at radius 1 is 1.25 bits per heavy atom. The first-order chi connectivity index (χ1) is 11.2. The van der Waals surface area contributed by atoms with Crippen molar-refractivity contribution in [1.29, 1.82) is 0 Å². The number of anilines is 1. The van der Waals surface area contributed by atoms with Gasteiger partial charge in [0.25, 0.3) is 0 Å². The van der Waals surface area contributed by atoms with Gasteiger partial charge in [0.05, 0.1) is 5.56 Å². The molecule has 132 valence electrons. The average molecular weight is 407 g/mol. The van der Waals surface area contributed by atoms with Crippen LogP contribution in [0.25, 0.3) is 0 Å². The third kappa shape index (κ3) is 4.72. The number of hydrogen-bond donors (Lipinski definition) is 2. The molecule has 1 saturated carbocycles. The van der Waals surface area contributed by atoms with Gasteiger partial charge in [-0.2, -0.15) is 13.2 Å². The fourth-order valence-corrected chi connectivity index (χ4v) is 3.13. The van der Waals surface area contributed by atoms with E-state index in [1.54, 1.807) is 0 Å². The molecule has 0 aliphatic heterocycles. The summed E-state index contributed by atoms with van der Waals surface area (Å²) in [5.74, 6) is -0.816. The second-order valence-corrected chi connectivity index (χ2v) is 6.75. The predicted molar refractivity (Wildman–Crippen MR) is 87.3 cm³/mol. The first-order valence-corrected chi connectivity index (χ1v) is 8.46. The van der Waals surface area contributed by atoms with Gasteiger partial charge in [0.15, 0.2) is 0 Å². The second-order valence-electron chi connectivity index (χ2n) is 5.89. The van der Waals surface area contributed by atoms with Crippen molar-refractivity contribution >= 4 is 33.4 Å². The average Bonchev–Trinajstić information content (AvgIpc) is 3.02. The Morgan fingerprint density at radius 2 is 1.88 bits per heavy atom. The minimum absolute atomic E-state index is 0.0255. The van der Waals surface area contributed by atoms with Gasteiger partial charge >= 0.3 is 6.18 Å². The Labute approximate surface area is 146 Å². The van der Waals surface area contributed by atoms with Crippen LogP contribution in [0, 0.1) is 5.92 Å². The summed E-state index contributed by atoms with van der Waals surface area (Å²) in [4.78, 5) is 24.1. The summed E-state index contributed by atoms with van der Waals surface area (Å²) in [6, 6.07) is 2.62. The molecule has 2 N–H and O–H groups in total. The fraction of sp³-hybridized carbons (Fsp3) is 0.500. The van der Waals surface area contributed by atoms with Crippen LogP contribution in [0.4, 0.5) is 18.9 Å². The van der Waals surface area contributed by atoms with Crippen LogP contribution >= 0.6 is 15.9 Å². The fourth-order valence-electron chi connectivity index (χ4n) is 2.66. The number of carbonyl (C=O) groups excluding carboxylic acids is 2. The normalized spacial score (nSPS) is 16.7. The molecule has 8 heteroatoms. The van der Waals surface area contributed by atoms with Crippen LogP contribution in [0.1, 0.15) is 38.2 Å². The van der Waals surface area contributed by atoms with Gasteiger partial charge in [-0.15, -0.1) is 0 Å². The van der Waals surface area contributed by atoms with Crippen molar-refractivity contribution in [1.82, 2.24) is 5.32 Å². The molecule has 1 atom stereocenters. The standard InChI is InChI=1S/C16H18BrF3N2O2/c1-9(21-15(24)10-4-2-3-5-10)14(23)22-11-6-7-13(17)12(8-11)16(18,19)20/h6-10H,2-5H2,1H3,(H,21,24)(H,22,23)/t9-/m1/s1. The molecule has 1 aromatic carbocycles. The molecule has 0 spiro atoms. The molecule has 1 aliphatic rings. The maximum atomic E-state index is 12.9. The maximum Gasteiger partial charge on any atom is 0.417 e. The predicted octanol–water partition coefficient (Wildman–Crippen LogP) is 4.10. The molecule has 0 aromatic heterocycles. The van der Waals surface area contributed by atoms with Gasteiger partial charge < -0.3 is 10.6 Å². The highest BCUT2D eigenvalue weighted by Gasteiger charge is 2.33. The van der Waals surface area contributed by atoms with E-state index < -0.39 is 23.7 Å². The van der Waals surface area contributed by atoms with Gasteiger partial charge in [-0.1, -0.05) is 28.8 Å². The third-order valence-electron chi connectivity index (χ3n) is 4.02. The number of alkyl halides is 3. The Hall–Kier alpha value is -1.57. The summed E-state index contributed by atoms with van der Waals surface area (Å²) in [7, 11) is 0. The molecule has 4 nitrogen and oxygen atoms in total. The van der Waals surface area contributed by atoms with E-state index in [0.29, 0.717) is 0 Å². The van der Waals surface area contributed by atoms with Crippen molar-refractivity contribution in [2.24, 2.45) is 5.92 Å². The molecular formula is C16H18BrF3N2O2. The Bertz CT molecular complexity index is 628. The summed E-state index contributed by atoms with van der Waals surface area (Å²) in [5.41, 5.74) is -0.847. The zero-order valence-electron chi connectivity index (χ0n) is 13.0. The number of nitrogens with one attached hydrogen (secondary N) is 2. The number of amides is 2. The lowest BCUT2D eigenvalue weighted by Gasteiger charge is -2.17. The van der Waals surface area contributed by atoms with E-state index in [2.05, 4.69) is 26.6 Å². The van der Waals surface area contributed by atoms with E-state index >= 15 is 0 Å². The summed E-state index contributed by atoms with van der Waals surface area (Å²) in [6.07, 6.45) is -0.916. The Balaban J connectivity index is 1.99. The van der Waals surface area contributed by atoms with Crippen molar-refractivity contribution in [2.75, 3.05) is 5.32 Å². The summed E-state index contributed by atoms with van der Waals surface area (Å²) in [5, 5.41) is 5.02. The van der Waals surface area contributed by atoms with Crippen LogP contribution in [0.5, 0.6) is 0 Å². The van der Waals surface area contributed by atoms with Crippen LogP contribution in [-0.2, 0) is 15.8 Å². The molecular weight excluding hydrogens is 389 g/mol. The van der Waals surface area contributed by atoms with E-state index in [1.807, 2.05) is 0 Å². The summed E-state index contributed by atoms with van der Waals surface area (Å²) < 4.78 is 38.5. The van der Waals surface area contributed by atoms with Crippen LogP contribution < -0.4 is 10.6 Å². The van der Waals surface area contributed by atoms with Gasteiger partial charge in [0.2, 0.25) is 11.8 Å². The highest BCUT2D eigenvalue weighted by molar-refractivity contribution is 9.10. The van der Waals surface area contributed by atoms with E-state index in [4.69, 9.17) is 0 Å². The van der Waals surface area contributed by atoms with Crippen LogP contribution in [-0.4, -0.2) is 17.9 Å². The first kappa shape index (κ1) is 18.8. The van der Waals surface area contributed by atoms with Crippen LogP contribution in [0.15, 0.2) is 22.7 Å². The molecule has 0 radical (unpaired) electrons. The Morgan fingerprint density at radius 3 is 2.46 bits per heavy atom. The number of carbonyl (C=O) groups is 2. The lowest BCUT2D eigenvalue weighted by Crippen LogP contribution is -2.43. The molecule has 24 heavy (non-hydrogen) atoms. The van der Waals surface area contributed by atoms with E-state index in [9.17, 15) is 22.8 Å². The van der Waals surface area contributed by atoms with Crippen LogP contribution in [0.3, 0.4) is 0 Å². The van der Waals surface area contributed by atoms with Crippen molar-refractivity contribution in [3.8, 4) is 0 Å². The Kier molecular flexibility index (Phi) is 5.90. The lowest BCUT2D eigenvalue weighted by atomic mass is 10.1. The highest BCUT2D eigenvalue weighted by Crippen LogP contribution is 2.36. The van der Waals surface area contributed by atoms with Gasteiger partial charge in [-0.25, -0.2) is 0 Å². The smallest absolute Gasteiger partial charge is 0.344 e. The topological polar surface area (TPSA) is 58.2 Å². The molecule has 2 rings (SSSR count). The summed E-state index contributed by atoms with van der Waals surface area (Å²) in [6.45, 7) is 1.51. The van der Waals surface area contributed by atoms with Gasteiger partial charge in [-0.05, 0) is 38.0 Å². The van der Waals surface area contributed by atoms with Crippen molar-refractivity contribution in [3.63, 3.8) is 0 Å². The number of hydrogen-bond acceptors (Lipinski definition) is 2. The molecule has 0 saturated heterocycles. The zero-order valence-corrected chi connectivity index (χ0v) is 14.6. The largest absolute Gasteiger partial charge is 0.417 e. The highest BCUT2D eigenvalue weighted by atomic mass is 79.9. The van der Waals surface area contributed by atoms with Gasteiger partial charge in [-0.3, -0.25) is 9.59 Å². The van der Waals surface area contributed by atoms with Gasteiger partial charge in [0, 0.05) is 16.1 Å². The number of halogens is 4. The number of benzene rings is 1. The molecule has 1 aromatic rings. The molecule has 0 bridgehead atoms. The maximum absolute atomic E-state index is 12.9. The quantitative estimate of drug-likeness (QED) is 0.790. The van der Waals surface area contributed by atoms with E-state index in [-0.39, 0.29) is 22.0 Å². The van der Waals surface area contributed by atoms with Gasteiger partial charge in [0.1, 0.15) is 6.04 Å². The monoisotopic (exact) mass is 406 g/mol. The second kappa shape index (κ2) is 7.55. The molecule has 1 aliphatic carbocycles. The van der Waals surface area contributed by atoms with Crippen molar-refractivity contribution in [3.05, 3.63) is 28.2 Å². The third-order valence-corrected chi connectivity index (χ3v) is 4.71. The molecule has 0 unspecified atom stereocenters. The first-order valence-electron chi connectivity index (χ1n) is 7.66. The van der Waals surface area contributed by atoms with Crippen LogP contribution in [0.2, 0.25) is 0 Å². The molecule has 0 heterocycles. The lowest BCUT2D eigenvalue weighted by molar-refractivity contribution is -0.138. The van der Waals surface area contributed by atoms with E-state index in [0.717, 1.165) is 31.7 Å². The minimum Gasteiger partial charge on any atom is -0.344 e. The van der Waals surface area contributed by atoms with Crippen molar-refractivity contribution in [2.45, 2.75) is 44.8 Å². The SMILES string of the molecule is C[C@@H](NC(=O)C1CCCC1)C(=O)Nc1ccc(Br)c(C(F)(F)F)c1. The minimum atomic E-state index is -4.53. The molecule has 2 amide bonds. The summed E-state index contributed by atoms with van der Waals surface area (Å²) >= 11 is 2.84. The zero-order chi connectivity index (χ0) is 17.9.